The first-order valence-corrected chi connectivity index (χ1v) is 6.53. The molecule has 0 aliphatic rings. The van der Waals surface area contributed by atoms with Gasteiger partial charge >= 0.3 is 12.1 Å². The fraction of sp³-hybridized carbons (Fsp3) is 0.375. The first-order chi connectivity index (χ1) is 9.78. The van der Waals surface area contributed by atoms with Crippen molar-refractivity contribution >= 4 is 12.1 Å². The third-order valence-electron chi connectivity index (χ3n) is 2.30. The minimum Gasteiger partial charge on any atom is -0.481 e. The van der Waals surface area contributed by atoms with Gasteiger partial charge in [-0.2, -0.15) is 0 Å². The standard InChI is InChI=1S/C16H19NO4/c1-16(2,3)21-15(20)17-10-6-9-12-7-4-5-8-13(12)11-14(18)19/h4-5,7-8H,10-11H2,1-3H3,(H,17,20)(H,18,19). The number of carbonyl (C=O) groups is 2. The minimum atomic E-state index is -0.906. The third-order valence-corrected chi connectivity index (χ3v) is 2.30. The molecule has 5 heteroatoms. The average Bonchev–Trinajstić information content (AvgIpc) is 2.33. The lowest BCUT2D eigenvalue weighted by Gasteiger charge is -2.19. The van der Waals surface area contributed by atoms with Gasteiger partial charge in [-0.3, -0.25) is 4.79 Å². The zero-order valence-electron chi connectivity index (χ0n) is 12.4. The Labute approximate surface area is 124 Å². The van der Waals surface area contributed by atoms with Gasteiger partial charge in [0.05, 0.1) is 13.0 Å². The zero-order valence-corrected chi connectivity index (χ0v) is 12.4. The Kier molecular flexibility index (Phi) is 5.79. The maximum atomic E-state index is 11.4. The van der Waals surface area contributed by atoms with Crippen molar-refractivity contribution in [2.75, 3.05) is 6.54 Å². The summed E-state index contributed by atoms with van der Waals surface area (Å²) in [6.07, 6.45) is -0.611. The van der Waals surface area contributed by atoms with Gasteiger partial charge in [0.2, 0.25) is 0 Å². The molecule has 0 fully saturated rings. The van der Waals surface area contributed by atoms with E-state index >= 15 is 0 Å². The first kappa shape index (κ1) is 16.6. The third kappa shape index (κ3) is 7.02. The van der Waals surface area contributed by atoms with Crippen molar-refractivity contribution in [3.8, 4) is 11.8 Å². The molecule has 0 aliphatic carbocycles. The number of carboxylic acids is 1. The summed E-state index contributed by atoms with van der Waals surface area (Å²) in [5.74, 6) is 4.72. The number of aliphatic carboxylic acids is 1. The fourth-order valence-corrected chi connectivity index (χ4v) is 1.53. The smallest absolute Gasteiger partial charge is 0.408 e. The van der Waals surface area contributed by atoms with Crippen molar-refractivity contribution in [1.29, 1.82) is 0 Å². The summed E-state index contributed by atoms with van der Waals surface area (Å²) in [5.41, 5.74) is 0.742. The Hall–Kier alpha value is -2.48. The molecule has 0 spiro atoms. The number of benzene rings is 1. The largest absolute Gasteiger partial charge is 0.481 e. The second kappa shape index (κ2) is 7.34. The second-order valence-electron chi connectivity index (χ2n) is 5.38. The maximum Gasteiger partial charge on any atom is 0.408 e. The molecular formula is C16H19NO4. The van der Waals surface area contributed by atoms with Crippen LogP contribution < -0.4 is 5.32 Å². The van der Waals surface area contributed by atoms with Crippen molar-refractivity contribution in [1.82, 2.24) is 5.32 Å². The van der Waals surface area contributed by atoms with E-state index in [1.54, 1.807) is 45.0 Å². The van der Waals surface area contributed by atoms with Crippen LogP contribution in [0.4, 0.5) is 4.79 Å². The molecule has 0 atom stereocenters. The van der Waals surface area contributed by atoms with Crippen LogP contribution in [0.3, 0.4) is 0 Å². The van der Waals surface area contributed by atoms with Crippen LogP contribution in [0.5, 0.6) is 0 Å². The molecule has 0 aliphatic heterocycles. The molecule has 2 N–H and O–H groups in total. The Morgan fingerprint density at radius 2 is 1.95 bits per heavy atom. The van der Waals surface area contributed by atoms with Crippen LogP contribution in [0.25, 0.3) is 0 Å². The number of carboxylic acid groups (broad SMARTS) is 1. The summed E-state index contributed by atoms with van der Waals surface area (Å²) in [5, 5.41) is 11.3. The van der Waals surface area contributed by atoms with Gasteiger partial charge in [-0.1, -0.05) is 30.0 Å². The van der Waals surface area contributed by atoms with Gasteiger partial charge in [-0.25, -0.2) is 4.79 Å². The highest BCUT2D eigenvalue weighted by molar-refractivity contribution is 5.71. The molecule has 0 radical (unpaired) electrons. The van der Waals surface area contributed by atoms with E-state index in [1.165, 1.54) is 0 Å². The maximum absolute atomic E-state index is 11.4. The van der Waals surface area contributed by atoms with E-state index in [1.807, 2.05) is 0 Å². The number of carbonyl (C=O) groups excluding carboxylic acids is 1. The van der Waals surface area contributed by atoms with E-state index in [9.17, 15) is 9.59 Å². The predicted octanol–water partition coefficient (Wildman–Crippen LogP) is 2.19. The molecular weight excluding hydrogens is 270 g/mol. The van der Waals surface area contributed by atoms with Gasteiger partial charge in [-0.15, -0.1) is 0 Å². The van der Waals surface area contributed by atoms with Crippen LogP contribution in [0, 0.1) is 11.8 Å². The van der Waals surface area contributed by atoms with Crippen LogP contribution in [0.15, 0.2) is 24.3 Å². The van der Waals surface area contributed by atoms with E-state index in [0.717, 1.165) is 0 Å². The number of ether oxygens (including phenoxy) is 1. The zero-order chi connectivity index (χ0) is 15.9. The lowest BCUT2D eigenvalue weighted by Crippen LogP contribution is -2.32. The van der Waals surface area contributed by atoms with Gasteiger partial charge < -0.3 is 15.2 Å². The summed E-state index contributed by atoms with van der Waals surface area (Å²) in [6.45, 7) is 5.47. The number of hydrogen-bond acceptors (Lipinski definition) is 3. The van der Waals surface area contributed by atoms with Crippen LogP contribution in [-0.4, -0.2) is 29.3 Å². The molecule has 0 saturated heterocycles. The number of hydrogen-bond donors (Lipinski definition) is 2. The summed E-state index contributed by atoms with van der Waals surface area (Å²) in [4.78, 5) is 22.2. The fourth-order valence-electron chi connectivity index (χ4n) is 1.53. The highest BCUT2D eigenvalue weighted by Gasteiger charge is 2.15. The Morgan fingerprint density at radius 3 is 2.57 bits per heavy atom. The van der Waals surface area contributed by atoms with E-state index in [0.29, 0.717) is 11.1 Å². The molecule has 0 unspecified atom stereocenters. The number of alkyl carbamates (subject to hydrolysis) is 1. The number of amides is 1. The number of nitrogens with one attached hydrogen (secondary N) is 1. The average molecular weight is 289 g/mol. The quantitative estimate of drug-likeness (QED) is 0.836. The lowest BCUT2D eigenvalue weighted by molar-refractivity contribution is -0.136. The van der Waals surface area contributed by atoms with Gasteiger partial charge in [0.25, 0.3) is 0 Å². The molecule has 0 heterocycles. The van der Waals surface area contributed by atoms with Crippen molar-refractivity contribution in [2.45, 2.75) is 32.8 Å². The van der Waals surface area contributed by atoms with Gasteiger partial charge in [0, 0.05) is 5.56 Å². The molecule has 0 aromatic heterocycles. The Morgan fingerprint density at radius 1 is 1.29 bits per heavy atom. The Balaban J connectivity index is 2.59. The Bertz CT molecular complexity index is 576. The first-order valence-electron chi connectivity index (χ1n) is 6.53. The van der Waals surface area contributed by atoms with Crippen molar-refractivity contribution in [2.24, 2.45) is 0 Å². The SMILES string of the molecule is CC(C)(C)OC(=O)NCC#Cc1ccccc1CC(=O)O. The van der Waals surface area contributed by atoms with Gasteiger partial charge in [0.15, 0.2) is 0 Å². The number of rotatable bonds is 3. The van der Waals surface area contributed by atoms with Crippen LogP contribution in [-0.2, 0) is 16.0 Å². The highest BCUT2D eigenvalue weighted by Crippen LogP contribution is 2.08. The summed E-state index contributed by atoms with van der Waals surface area (Å²) in [6, 6.07) is 7.03. The van der Waals surface area contributed by atoms with Crippen LogP contribution >= 0.6 is 0 Å². The van der Waals surface area contributed by atoms with E-state index in [-0.39, 0.29) is 13.0 Å². The molecule has 0 bridgehead atoms. The van der Waals surface area contributed by atoms with Crippen LogP contribution in [0.2, 0.25) is 0 Å². The van der Waals surface area contributed by atoms with Crippen molar-refractivity contribution in [3.05, 3.63) is 35.4 Å². The van der Waals surface area contributed by atoms with Crippen LogP contribution in [0.1, 0.15) is 31.9 Å². The van der Waals surface area contributed by atoms with E-state index in [2.05, 4.69) is 17.2 Å². The van der Waals surface area contributed by atoms with Crippen molar-refractivity contribution in [3.63, 3.8) is 0 Å². The normalized spacial score (nSPS) is 10.2. The molecule has 1 aromatic rings. The summed E-state index contributed by atoms with van der Waals surface area (Å²) in [7, 11) is 0. The highest BCUT2D eigenvalue weighted by atomic mass is 16.6. The predicted molar refractivity (Wildman–Crippen MR) is 78.9 cm³/mol. The second-order valence-corrected chi connectivity index (χ2v) is 5.38. The monoisotopic (exact) mass is 289 g/mol. The molecule has 112 valence electrons. The molecule has 5 nitrogen and oxygen atoms in total. The molecule has 1 rings (SSSR count). The van der Waals surface area contributed by atoms with Crippen molar-refractivity contribution < 1.29 is 19.4 Å². The van der Waals surface area contributed by atoms with E-state index in [4.69, 9.17) is 9.84 Å². The molecule has 1 amide bonds. The van der Waals surface area contributed by atoms with Gasteiger partial charge in [0.1, 0.15) is 5.60 Å². The van der Waals surface area contributed by atoms with Gasteiger partial charge in [-0.05, 0) is 32.4 Å². The minimum absolute atomic E-state index is 0.0790. The summed E-state index contributed by atoms with van der Waals surface area (Å²) >= 11 is 0. The topological polar surface area (TPSA) is 75.6 Å². The molecule has 1 aromatic carbocycles. The summed E-state index contributed by atoms with van der Waals surface area (Å²) < 4.78 is 5.07. The lowest BCUT2D eigenvalue weighted by atomic mass is 10.1. The molecule has 21 heavy (non-hydrogen) atoms. The molecule has 0 saturated carbocycles. The van der Waals surface area contributed by atoms with E-state index < -0.39 is 17.7 Å².